The van der Waals surface area contributed by atoms with Crippen LogP contribution in [-0.4, -0.2) is 0 Å². The highest BCUT2D eigenvalue weighted by Gasteiger charge is 2.09. The lowest BCUT2D eigenvalue weighted by atomic mass is 10.0. The largest absolute Gasteiger partial charge is 0.147 e. The van der Waals surface area contributed by atoms with Crippen LogP contribution in [0.3, 0.4) is 0 Å². The Bertz CT molecular complexity index is 435. The molecule has 0 radical (unpaired) electrons. The van der Waals surface area contributed by atoms with Crippen molar-refractivity contribution < 1.29 is 0 Å². The van der Waals surface area contributed by atoms with E-state index in [-0.39, 0.29) is 5.92 Å². The van der Waals surface area contributed by atoms with E-state index in [9.17, 15) is 0 Å². The summed E-state index contributed by atoms with van der Waals surface area (Å²) in [5.74, 6) is 0.267. The molecular formula is C13H14S2. The van der Waals surface area contributed by atoms with Crippen LogP contribution in [0.25, 0.3) is 6.08 Å². The monoisotopic (exact) mass is 234 g/mol. The lowest BCUT2D eigenvalue weighted by Crippen LogP contribution is -1.95. The van der Waals surface area contributed by atoms with E-state index in [1.807, 2.05) is 17.4 Å². The third-order valence-corrected chi connectivity index (χ3v) is 4.09. The summed E-state index contributed by atoms with van der Waals surface area (Å²) in [5, 5.41) is 0. The second kappa shape index (κ2) is 4.42. The maximum Gasteiger partial charge on any atom is 0.0305 e. The molecule has 0 amide bonds. The van der Waals surface area contributed by atoms with Crippen LogP contribution >= 0.6 is 24.0 Å². The molecule has 0 spiro atoms. The van der Waals surface area contributed by atoms with Crippen LogP contribution in [0.2, 0.25) is 0 Å². The number of thiol groups is 1. The zero-order valence-electron chi connectivity index (χ0n) is 8.73. The molecule has 1 heterocycles. The zero-order valence-corrected chi connectivity index (χ0v) is 10.4. The number of aryl methyl sites for hydroxylation is 1. The molecule has 78 valence electrons. The van der Waals surface area contributed by atoms with Gasteiger partial charge in [-0.1, -0.05) is 18.2 Å². The van der Waals surface area contributed by atoms with Gasteiger partial charge < -0.3 is 0 Å². The Hall–Kier alpha value is -0.730. The van der Waals surface area contributed by atoms with Gasteiger partial charge in [-0.25, -0.2) is 0 Å². The fourth-order valence-electron chi connectivity index (χ4n) is 1.73. The molecule has 2 heteroatoms. The summed E-state index contributed by atoms with van der Waals surface area (Å²) < 4.78 is 0. The summed E-state index contributed by atoms with van der Waals surface area (Å²) in [4.78, 5) is 3.84. The van der Waals surface area contributed by atoms with Gasteiger partial charge in [0.1, 0.15) is 0 Å². The van der Waals surface area contributed by atoms with Crippen LogP contribution in [0, 0.1) is 12.8 Å². The highest BCUT2D eigenvalue weighted by molar-refractivity contribution is 7.84. The number of hydrogen-bond donors (Lipinski definition) is 1. The van der Waals surface area contributed by atoms with Gasteiger partial charge in [0.05, 0.1) is 0 Å². The third kappa shape index (κ3) is 2.27. The lowest BCUT2D eigenvalue weighted by molar-refractivity contribution is 1.04. The summed E-state index contributed by atoms with van der Waals surface area (Å²) >= 11 is 6.34. The van der Waals surface area contributed by atoms with Gasteiger partial charge in [0, 0.05) is 15.7 Å². The molecule has 0 nitrogen and oxygen atoms in total. The van der Waals surface area contributed by atoms with Gasteiger partial charge in [-0.05, 0) is 36.0 Å². The van der Waals surface area contributed by atoms with E-state index >= 15 is 0 Å². The lowest BCUT2D eigenvalue weighted by Gasteiger charge is -2.10. The van der Waals surface area contributed by atoms with Crippen LogP contribution in [0.15, 0.2) is 35.8 Å². The third-order valence-electron chi connectivity index (χ3n) is 2.55. The molecule has 0 aromatic carbocycles. The van der Waals surface area contributed by atoms with E-state index in [0.29, 0.717) is 0 Å². The Morgan fingerprint density at radius 3 is 3.13 bits per heavy atom. The van der Waals surface area contributed by atoms with Gasteiger partial charge in [0.25, 0.3) is 0 Å². The SMILES string of the molecule is C=CC1/C=C\c2sc(C)cc2C/C=C\1S. The fourth-order valence-corrected chi connectivity index (χ4v) is 2.98. The van der Waals surface area contributed by atoms with Crippen molar-refractivity contribution in [1.29, 1.82) is 0 Å². The highest BCUT2D eigenvalue weighted by Crippen LogP contribution is 2.29. The normalized spacial score (nSPS) is 25.7. The Morgan fingerprint density at radius 2 is 2.40 bits per heavy atom. The van der Waals surface area contributed by atoms with Crippen molar-refractivity contribution in [3.05, 3.63) is 51.1 Å². The maximum absolute atomic E-state index is 4.49. The zero-order chi connectivity index (χ0) is 10.8. The van der Waals surface area contributed by atoms with Gasteiger partial charge in [-0.2, -0.15) is 0 Å². The number of rotatable bonds is 1. The molecule has 0 saturated carbocycles. The van der Waals surface area contributed by atoms with Crippen molar-refractivity contribution in [2.24, 2.45) is 5.92 Å². The molecular weight excluding hydrogens is 220 g/mol. The summed E-state index contributed by atoms with van der Waals surface area (Å²) in [6.07, 6.45) is 9.46. The van der Waals surface area contributed by atoms with E-state index in [1.165, 1.54) is 15.3 Å². The second-order valence-corrected chi connectivity index (χ2v) is 5.50. The van der Waals surface area contributed by atoms with E-state index in [0.717, 1.165) is 11.3 Å². The summed E-state index contributed by atoms with van der Waals surface area (Å²) in [6, 6.07) is 2.26. The Kier molecular flexibility index (Phi) is 3.17. The molecule has 15 heavy (non-hydrogen) atoms. The summed E-state index contributed by atoms with van der Waals surface area (Å²) in [6.45, 7) is 5.98. The molecule has 1 unspecified atom stereocenters. The minimum Gasteiger partial charge on any atom is -0.147 e. The Labute approximate surface area is 100 Å². The van der Waals surface area contributed by atoms with Crippen LogP contribution in [0.1, 0.15) is 15.3 Å². The van der Waals surface area contributed by atoms with E-state index in [4.69, 9.17) is 0 Å². The average Bonchev–Trinajstić information content (AvgIpc) is 2.54. The van der Waals surface area contributed by atoms with Crippen LogP contribution < -0.4 is 0 Å². The molecule has 1 aliphatic carbocycles. The number of fused-ring (bicyclic) bond motifs is 1. The average molecular weight is 234 g/mol. The molecule has 0 N–H and O–H groups in total. The van der Waals surface area contributed by atoms with E-state index in [1.54, 1.807) is 0 Å². The Balaban J connectivity index is 2.42. The molecule has 0 fully saturated rings. The predicted molar refractivity (Wildman–Crippen MR) is 72.6 cm³/mol. The maximum atomic E-state index is 4.49. The summed E-state index contributed by atoms with van der Waals surface area (Å²) in [7, 11) is 0. The molecule has 0 aliphatic heterocycles. The van der Waals surface area contributed by atoms with Crippen molar-refractivity contribution in [1.82, 2.24) is 0 Å². The summed E-state index contributed by atoms with van der Waals surface area (Å²) in [5.41, 5.74) is 1.41. The first kappa shape index (κ1) is 10.8. The Morgan fingerprint density at radius 1 is 1.60 bits per heavy atom. The van der Waals surface area contributed by atoms with Gasteiger partial charge in [0.2, 0.25) is 0 Å². The number of allylic oxidation sites excluding steroid dienone is 4. The number of hydrogen-bond acceptors (Lipinski definition) is 2. The quantitative estimate of drug-likeness (QED) is 0.545. The first-order valence-corrected chi connectivity index (χ1v) is 6.26. The van der Waals surface area contributed by atoms with Gasteiger partial charge in [-0.3, -0.25) is 0 Å². The van der Waals surface area contributed by atoms with Crippen molar-refractivity contribution in [3.63, 3.8) is 0 Å². The molecule has 2 rings (SSSR count). The van der Waals surface area contributed by atoms with Crippen LogP contribution in [0.5, 0.6) is 0 Å². The van der Waals surface area contributed by atoms with Crippen LogP contribution in [-0.2, 0) is 6.42 Å². The molecule has 0 saturated heterocycles. The van der Waals surface area contributed by atoms with E-state index < -0.39 is 0 Å². The molecule has 1 aromatic rings. The highest BCUT2D eigenvalue weighted by atomic mass is 32.1. The van der Waals surface area contributed by atoms with Crippen molar-refractivity contribution in [2.75, 3.05) is 0 Å². The molecule has 1 atom stereocenters. The first-order valence-electron chi connectivity index (χ1n) is 5.00. The topological polar surface area (TPSA) is 0 Å². The minimum atomic E-state index is 0.267. The van der Waals surface area contributed by atoms with Gasteiger partial charge in [-0.15, -0.1) is 30.5 Å². The minimum absolute atomic E-state index is 0.267. The smallest absolute Gasteiger partial charge is 0.0305 e. The second-order valence-electron chi connectivity index (χ2n) is 3.70. The van der Waals surface area contributed by atoms with Crippen molar-refractivity contribution in [3.8, 4) is 0 Å². The molecule has 1 aliphatic rings. The first-order chi connectivity index (χ1) is 7.20. The predicted octanol–water partition coefficient (Wildman–Crippen LogP) is 4.24. The molecule has 0 bridgehead atoms. The van der Waals surface area contributed by atoms with Crippen molar-refractivity contribution in [2.45, 2.75) is 13.3 Å². The van der Waals surface area contributed by atoms with Crippen molar-refractivity contribution >= 4 is 30.0 Å². The standard InChI is InChI=1S/C13H14S2/c1-3-10-5-7-13-11(4-6-12(10)14)8-9(2)15-13/h3,5-8,10,14H,1,4H2,2H3/b7-5-,12-6+. The van der Waals surface area contributed by atoms with Crippen LogP contribution in [0.4, 0.5) is 0 Å². The fraction of sp³-hybridized carbons (Fsp3) is 0.231. The number of thiophene rings is 1. The van der Waals surface area contributed by atoms with Gasteiger partial charge >= 0.3 is 0 Å². The van der Waals surface area contributed by atoms with E-state index in [2.05, 4.69) is 50.4 Å². The van der Waals surface area contributed by atoms with Gasteiger partial charge in [0.15, 0.2) is 0 Å². The molecule has 1 aromatic heterocycles.